The summed E-state index contributed by atoms with van der Waals surface area (Å²) in [4.78, 5) is 0. The maximum absolute atomic E-state index is 12.7. The topological polar surface area (TPSA) is 29.9 Å². The number of nitrogens with one attached hydrogen (secondary N) is 1. The third-order valence-corrected chi connectivity index (χ3v) is 3.62. The van der Waals surface area contributed by atoms with E-state index in [0.29, 0.717) is 12.8 Å². The van der Waals surface area contributed by atoms with E-state index in [1.807, 2.05) is 24.6 Å². The van der Waals surface area contributed by atoms with Crippen LogP contribution in [-0.2, 0) is 13.0 Å². The fourth-order valence-electron chi connectivity index (χ4n) is 2.73. The van der Waals surface area contributed by atoms with Crippen LogP contribution in [0.4, 0.5) is 13.2 Å². The Hall–Kier alpha value is -1.04. The van der Waals surface area contributed by atoms with E-state index in [1.165, 1.54) is 0 Å². The van der Waals surface area contributed by atoms with Crippen LogP contribution in [0.5, 0.6) is 0 Å². The summed E-state index contributed by atoms with van der Waals surface area (Å²) in [6.45, 7) is 4.64. The zero-order valence-electron chi connectivity index (χ0n) is 11.3. The van der Waals surface area contributed by atoms with Crippen LogP contribution in [0, 0.1) is 6.92 Å². The Morgan fingerprint density at radius 3 is 2.79 bits per heavy atom. The smallest absolute Gasteiger partial charge is 0.303 e. The molecule has 1 N–H and O–H groups in total. The van der Waals surface area contributed by atoms with Gasteiger partial charge in [0.05, 0.1) is 5.69 Å². The van der Waals surface area contributed by atoms with Crippen LogP contribution in [-0.4, -0.2) is 28.0 Å². The minimum atomic E-state index is -4.14. The second-order valence-electron chi connectivity index (χ2n) is 5.19. The molecule has 2 atom stereocenters. The van der Waals surface area contributed by atoms with Gasteiger partial charge < -0.3 is 5.32 Å². The average Bonchev–Trinajstić information content (AvgIpc) is 2.69. The Kier molecular flexibility index (Phi) is 4.18. The van der Waals surface area contributed by atoms with E-state index in [9.17, 15) is 13.2 Å². The molecular weight excluding hydrogens is 255 g/mol. The molecule has 1 saturated heterocycles. The SMILES string of the molecule is CCn1nc(C)cc1CC1CCCC(C(F)(F)F)N1. The molecule has 2 unspecified atom stereocenters. The van der Waals surface area contributed by atoms with Gasteiger partial charge in [0, 0.05) is 24.7 Å². The highest BCUT2D eigenvalue weighted by molar-refractivity contribution is 5.11. The van der Waals surface area contributed by atoms with E-state index >= 15 is 0 Å². The lowest BCUT2D eigenvalue weighted by molar-refractivity contribution is -0.163. The highest BCUT2D eigenvalue weighted by Crippen LogP contribution is 2.28. The van der Waals surface area contributed by atoms with Crippen LogP contribution in [0.2, 0.25) is 0 Å². The maximum atomic E-state index is 12.7. The number of alkyl halides is 3. The molecule has 0 spiro atoms. The highest BCUT2D eigenvalue weighted by atomic mass is 19.4. The predicted octanol–water partition coefficient (Wildman–Crippen LogP) is 2.83. The third kappa shape index (κ3) is 3.49. The number of hydrogen-bond acceptors (Lipinski definition) is 2. The molecule has 6 heteroatoms. The fourth-order valence-corrected chi connectivity index (χ4v) is 2.73. The van der Waals surface area contributed by atoms with Crippen LogP contribution in [0.3, 0.4) is 0 Å². The Balaban J connectivity index is 2.02. The van der Waals surface area contributed by atoms with Gasteiger partial charge in [-0.05, 0) is 39.2 Å². The molecule has 0 radical (unpaired) electrons. The van der Waals surface area contributed by atoms with Crippen LogP contribution in [0.25, 0.3) is 0 Å². The molecule has 19 heavy (non-hydrogen) atoms. The van der Waals surface area contributed by atoms with Gasteiger partial charge >= 0.3 is 6.18 Å². The molecule has 0 aromatic carbocycles. The average molecular weight is 275 g/mol. The minimum Gasteiger partial charge on any atom is -0.303 e. The molecule has 108 valence electrons. The monoisotopic (exact) mass is 275 g/mol. The van der Waals surface area contributed by atoms with Crippen molar-refractivity contribution in [2.75, 3.05) is 0 Å². The van der Waals surface area contributed by atoms with Crippen molar-refractivity contribution >= 4 is 0 Å². The Labute approximate surface area is 111 Å². The molecule has 0 amide bonds. The van der Waals surface area contributed by atoms with Crippen molar-refractivity contribution in [1.82, 2.24) is 15.1 Å². The number of nitrogens with zero attached hydrogens (tertiary/aromatic N) is 2. The van der Waals surface area contributed by atoms with Crippen LogP contribution >= 0.6 is 0 Å². The molecule has 0 aliphatic carbocycles. The van der Waals surface area contributed by atoms with Gasteiger partial charge in [0.2, 0.25) is 0 Å². The number of piperidine rings is 1. The number of aryl methyl sites for hydroxylation is 2. The van der Waals surface area contributed by atoms with Crippen LogP contribution in [0.1, 0.15) is 37.6 Å². The molecule has 3 nitrogen and oxygen atoms in total. The summed E-state index contributed by atoms with van der Waals surface area (Å²) >= 11 is 0. The van der Waals surface area contributed by atoms with Crippen molar-refractivity contribution in [3.05, 3.63) is 17.5 Å². The zero-order valence-corrected chi connectivity index (χ0v) is 11.3. The summed E-state index contributed by atoms with van der Waals surface area (Å²) in [6.07, 6.45) is -1.92. The van der Waals surface area contributed by atoms with Crippen molar-refractivity contribution in [3.8, 4) is 0 Å². The van der Waals surface area contributed by atoms with Gasteiger partial charge in [0.15, 0.2) is 0 Å². The van der Waals surface area contributed by atoms with E-state index in [2.05, 4.69) is 10.4 Å². The van der Waals surface area contributed by atoms with Gasteiger partial charge in [-0.1, -0.05) is 0 Å². The second-order valence-corrected chi connectivity index (χ2v) is 5.19. The largest absolute Gasteiger partial charge is 0.403 e. The van der Waals surface area contributed by atoms with E-state index in [-0.39, 0.29) is 12.5 Å². The Morgan fingerprint density at radius 2 is 2.16 bits per heavy atom. The van der Waals surface area contributed by atoms with Gasteiger partial charge in [0.1, 0.15) is 6.04 Å². The van der Waals surface area contributed by atoms with Crippen molar-refractivity contribution in [3.63, 3.8) is 0 Å². The Bertz CT molecular complexity index is 425. The van der Waals surface area contributed by atoms with Crippen LogP contribution in [0.15, 0.2) is 6.07 Å². The molecule has 2 rings (SSSR count). The molecule has 1 aromatic rings. The Morgan fingerprint density at radius 1 is 1.42 bits per heavy atom. The first kappa shape index (κ1) is 14.4. The fraction of sp³-hybridized carbons (Fsp3) is 0.769. The molecule has 1 aromatic heterocycles. The zero-order chi connectivity index (χ0) is 14.0. The standard InChI is InChI=1S/C13H20F3N3/c1-3-19-11(7-9(2)18-19)8-10-5-4-6-12(17-10)13(14,15)16/h7,10,12,17H,3-6,8H2,1-2H3. The van der Waals surface area contributed by atoms with Gasteiger partial charge in [-0.3, -0.25) is 4.68 Å². The molecule has 1 aliphatic heterocycles. The van der Waals surface area contributed by atoms with Gasteiger partial charge in [-0.25, -0.2) is 0 Å². The first-order chi connectivity index (χ1) is 8.90. The van der Waals surface area contributed by atoms with E-state index in [1.54, 1.807) is 0 Å². The summed E-state index contributed by atoms with van der Waals surface area (Å²) in [5.41, 5.74) is 1.93. The van der Waals surface area contributed by atoms with E-state index < -0.39 is 12.2 Å². The first-order valence-corrected chi connectivity index (χ1v) is 6.76. The summed E-state index contributed by atoms with van der Waals surface area (Å²) in [6, 6.07) is 0.495. The third-order valence-electron chi connectivity index (χ3n) is 3.62. The van der Waals surface area contributed by atoms with Crippen LogP contribution < -0.4 is 5.32 Å². The molecular formula is C13H20F3N3. The minimum absolute atomic E-state index is 0.109. The number of rotatable bonds is 3. The highest BCUT2D eigenvalue weighted by Gasteiger charge is 2.42. The maximum Gasteiger partial charge on any atom is 0.403 e. The number of hydrogen-bond donors (Lipinski definition) is 1. The van der Waals surface area contributed by atoms with E-state index in [0.717, 1.165) is 24.4 Å². The summed E-state index contributed by atoms with van der Waals surface area (Å²) in [5, 5.41) is 7.07. The molecule has 2 heterocycles. The summed E-state index contributed by atoms with van der Waals surface area (Å²) in [7, 11) is 0. The number of aromatic nitrogens is 2. The quantitative estimate of drug-likeness (QED) is 0.919. The van der Waals surface area contributed by atoms with Crippen molar-refractivity contribution in [2.45, 2.75) is 64.3 Å². The summed E-state index contributed by atoms with van der Waals surface area (Å²) < 4.78 is 40.0. The molecule has 0 bridgehead atoms. The predicted molar refractivity (Wildman–Crippen MR) is 67.0 cm³/mol. The van der Waals surface area contributed by atoms with Gasteiger partial charge in [0.25, 0.3) is 0 Å². The summed E-state index contributed by atoms with van der Waals surface area (Å²) in [5.74, 6) is 0. The van der Waals surface area contributed by atoms with Crippen molar-refractivity contribution < 1.29 is 13.2 Å². The molecule has 0 saturated carbocycles. The van der Waals surface area contributed by atoms with Gasteiger partial charge in [-0.15, -0.1) is 0 Å². The first-order valence-electron chi connectivity index (χ1n) is 6.76. The van der Waals surface area contributed by atoms with Crippen molar-refractivity contribution in [1.29, 1.82) is 0 Å². The van der Waals surface area contributed by atoms with E-state index in [4.69, 9.17) is 0 Å². The lowest BCUT2D eigenvalue weighted by atomic mass is 9.95. The lowest BCUT2D eigenvalue weighted by Gasteiger charge is -2.32. The van der Waals surface area contributed by atoms with Crippen molar-refractivity contribution in [2.24, 2.45) is 0 Å². The normalized spacial score (nSPS) is 24.7. The molecule has 1 aliphatic rings. The lowest BCUT2D eigenvalue weighted by Crippen LogP contribution is -2.51. The molecule has 1 fully saturated rings. The number of halogens is 3. The van der Waals surface area contributed by atoms with Gasteiger partial charge in [-0.2, -0.15) is 18.3 Å². The second kappa shape index (κ2) is 5.53.